The van der Waals surface area contributed by atoms with Crippen molar-refractivity contribution >= 4 is 17.6 Å². The molecule has 1 aromatic rings. The summed E-state index contributed by atoms with van der Waals surface area (Å²) in [6, 6.07) is 2.91. The summed E-state index contributed by atoms with van der Waals surface area (Å²) in [6.07, 6.45) is 0.191. The molecular weight excluding hydrogens is 247 g/mol. The molecule has 1 aliphatic rings. The monoisotopic (exact) mass is 264 g/mol. The van der Waals surface area contributed by atoms with Crippen molar-refractivity contribution in [2.45, 2.75) is 33.1 Å². The van der Waals surface area contributed by atoms with Crippen LogP contribution < -0.4 is 10.2 Å². The first kappa shape index (κ1) is 13.5. The maximum atomic E-state index is 14.2. The van der Waals surface area contributed by atoms with Gasteiger partial charge in [0.05, 0.1) is 5.69 Å². The second-order valence-corrected chi connectivity index (χ2v) is 5.08. The lowest BCUT2D eigenvalue weighted by molar-refractivity contribution is -0.120. The molecule has 102 valence electrons. The van der Waals surface area contributed by atoms with E-state index in [0.29, 0.717) is 5.56 Å². The van der Waals surface area contributed by atoms with Gasteiger partial charge in [-0.05, 0) is 30.0 Å². The normalized spacial score (nSPS) is 15.9. The van der Waals surface area contributed by atoms with E-state index in [9.17, 15) is 14.0 Å². The fraction of sp³-hybridized carbons (Fsp3) is 0.429. The second kappa shape index (κ2) is 4.99. The predicted octanol–water partition coefficient (Wildman–Crippen LogP) is 2.70. The van der Waals surface area contributed by atoms with Crippen LogP contribution in [-0.2, 0) is 4.79 Å². The Morgan fingerprint density at radius 1 is 1.32 bits per heavy atom. The molecule has 0 spiro atoms. The van der Waals surface area contributed by atoms with Gasteiger partial charge in [-0.2, -0.15) is 0 Å². The van der Waals surface area contributed by atoms with Gasteiger partial charge in [-0.25, -0.2) is 9.18 Å². The minimum Gasteiger partial charge on any atom is -0.291 e. The van der Waals surface area contributed by atoms with Crippen molar-refractivity contribution in [3.8, 4) is 0 Å². The molecule has 0 aliphatic carbocycles. The van der Waals surface area contributed by atoms with Crippen molar-refractivity contribution in [2.75, 3.05) is 11.4 Å². The number of benzene rings is 1. The van der Waals surface area contributed by atoms with Gasteiger partial charge in [0, 0.05) is 13.0 Å². The summed E-state index contributed by atoms with van der Waals surface area (Å²) in [5, 5.41) is 2.20. The van der Waals surface area contributed by atoms with Crippen LogP contribution in [0.2, 0.25) is 0 Å². The largest absolute Gasteiger partial charge is 0.328 e. The number of rotatable bonds is 2. The van der Waals surface area contributed by atoms with Crippen LogP contribution in [-0.4, -0.2) is 18.5 Å². The quantitative estimate of drug-likeness (QED) is 0.892. The predicted molar refractivity (Wildman–Crippen MR) is 70.7 cm³/mol. The lowest BCUT2D eigenvalue weighted by atomic mass is 9.99. The van der Waals surface area contributed by atoms with Gasteiger partial charge in [0.15, 0.2) is 0 Å². The average molecular weight is 264 g/mol. The Morgan fingerprint density at radius 3 is 2.58 bits per heavy atom. The van der Waals surface area contributed by atoms with Crippen LogP contribution in [0.15, 0.2) is 12.1 Å². The molecule has 3 amide bonds. The fourth-order valence-electron chi connectivity index (χ4n) is 2.10. The Balaban J connectivity index is 2.43. The number of hydrogen-bond acceptors (Lipinski definition) is 2. The standard InChI is InChI=1S/C14H17FN2O2/c1-8(2)10-6-9(3)13(15)11(7-10)17-5-4-12(18)16-14(17)19/h6-8H,4-5H2,1-3H3,(H,16,18,19). The SMILES string of the molecule is Cc1cc(C(C)C)cc(N2CCC(=O)NC2=O)c1F. The van der Waals surface area contributed by atoms with Crippen molar-refractivity contribution in [2.24, 2.45) is 0 Å². The maximum absolute atomic E-state index is 14.2. The van der Waals surface area contributed by atoms with Crippen LogP contribution in [0.3, 0.4) is 0 Å². The van der Waals surface area contributed by atoms with E-state index in [0.717, 1.165) is 5.56 Å². The highest BCUT2D eigenvalue weighted by atomic mass is 19.1. The number of amides is 3. The summed E-state index contributed by atoms with van der Waals surface area (Å²) in [7, 11) is 0. The molecule has 1 fully saturated rings. The van der Waals surface area contributed by atoms with Gasteiger partial charge in [-0.15, -0.1) is 0 Å². The van der Waals surface area contributed by atoms with Crippen LogP contribution in [0.4, 0.5) is 14.9 Å². The molecule has 1 aromatic carbocycles. The zero-order valence-electron chi connectivity index (χ0n) is 11.3. The molecular formula is C14H17FN2O2. The molecule has 0 aromatic heterocycles. The van der Waals surface area contributed by atoms with Gasteiger partial charge >= 0.3 is 6.03 Å². The number of carbonyl (C=O) groups excluding carboxylic acids is 2. The molecule has 0 saturated carbocycles. The third-order valence-corrected chi connectivity index (χ3v) is 3.27. The van der Waals surface area contributed by atoms with Crippen molar-refractivity contribution in [3.05, 3.63) is 29.1 Å². The van der Waals surface area contributed by atoms with Gasteiger partial charge in [-0.1, -0.05) is 19.9 Å². The van der Waals surface area contributed by atoms with Crippen molar-refractivity contribution in [3.63, 3.8) is 0 Å². The number of nitrogens with one attached hydrogen (secondary N) is 1. The van der Waals surface area contributed by atoms with Crippen molar-refractivity contribution in [1.82, 2.24) is 5.32 Å². The van der Waals surface area contributed by atoms with E-state index in [2.05, 4.69) is 5.32 Å². The molecule has 1 N–H and O–H groups in total. The van der Waals surface area contributed by atoms with Crippen molar-refractivity contribution in [1.29, 1.82) is 0 Å². The third kappa shape index (κ3) is 2.59. The maximum Gasteiger partial charge on any atom is 0.328 e. The van der Waals surface area contributed by atoms with E-state index >= 15 is 0 Å². The summed E-state index contributed by atoms with van der Waals surface area (Å²) in [5.41, 5.74) is 1.72. The van der Waals surface area contributed by atoms with Crippen LogP contribution in [0.5, 0.6) is 0 Å². The van der Waals surface area contributed by atoms with Crippen LogP contribution in [0.1, 0.15) is 37.3 Å². The first-order chi connectivity index (χ1) is 8.90. The molecule has 2 rings (SSSR count). The number of aryl methyl sites for hydroxylation is 1. The lowest BCUT2D eigenvalue weighted by Gasteiger charge is -2.28. The second-order valence-electron chi connectivity index (χ2n) is 5.08. The highest BCUT2D eigenvalue weighted by Gasteiger charge is 2.27. The number of hydrogen-bond donors (Lipinski definition) is 1. The molecule has 5 heteroatoms. The van der Waals surface area contributed by atoms with E-state index in [-0.39, 0.29) is 30.5 Å². The summed E-state index contributed by atoms with van der Waals surface area (Å²) < 4.78 is 14.2. The molecule has 0 radical (unpaired) electrons. The van der Waals surface area contributed by atoms with Gasteiger partial charge in [-0.3, -0.25) is 15.0 Å². The summed E-state index contributed by atoms with van der Waals surface area (Å²) in [5.74, 6) is -0.486. The van der Waals surface area contributed by atoms with Gasteiger partial charge in [0.2, 0.25) is 5.91 Å². The lowest BCUT2D eigenvalue weighted by Crippen LogP contribution is -2.50. The molecule has 0 bridgehead atoms. The summed E-state index contributed by atoms with van der Waals surface area (Å²) in [6.45, 7) is 5.91. The zero-order chi connectivity index (χ0) is 14.2. The molecule has 1 saturated heterocycles. The number of nitrogens with zero attached hydrogens (tertiary/aromatic N) is 1. The Labute approximate surface area is 111 Å². The number of carbonyl (C=O) groups is 2. The molecule has 0 unspecified atom stereocenters. The van der Waals surface area contributed by atoms with Crippen LogP contribution in [0.25, 0.3) is 0 Å². The smallest absolute Gasteiger partial charge is 0.291 e. The number of halogens is 1. The van der Waals surface area contributed by atoms with Crippen LogP contribution in [0, 0.1) is 12.7 Å². The Morgan fingerprint density at radius 2 is 2.00 bits per heavy atom. The van der Waals surface area contributed by atoms with E-state index in [1.54, 1.807) is 19.1 Å². The Bertz CT molecular complexity index is 540. The molecule has 0 atom stereocenters. The minimum absolute atomic E-state index is 0.191. The van der Waals surface area contributed by atoms with Gasteiger partial charge in [0.1, 0.15) is 5.82 Å². The summed E-state index contributed by atoms with van der Waals surface area (Å²) >= 11 is 0. The zero-order valence-corrected chi connectivity index (χ0v) is 11.3. The first-order valence-electron chi connectivity index (χ1n) is 6.31. The first-order valence-corrected chi connectivity index (χ1v) is 6.31. The molecule has 4 nitrogen and oxygen atoms in total. The summed E-state index contributed by atoms with van der Waals surface area (Å²) in [4.78, 5) is 24.2. The van der Waals surface area contributed by atoms with E-state index < -0.39 is 11.8 Å². The fourth-order valence-corrected chi connectivity index (χ4v) is 2.10. The highest BCUT2D eigenvalue weighted by molar-refractivity contribution is 6.05. The van der Waals surface area contributed by atoms with Crippen molar-refractivity contribution < 1.29 is 14.0 Å². The van der Waals surface area contributed by atoms with E-state index in [1.807, 2.05) is 13.8 Å². The number of anilines is 1. The Kier molecular flexibility index (Phi) is 3.55. The third-order valence-electron chi connectivity index (χ3n) is 3.27. The minimum atomic E-state index is -0.560. The number of urea groups is 1. The van der Waals surface area contributed by atoms with Gasteiger partial charge in [0.25, 0.3) is 0 Å². The molecule has 1 heterocycles. The van der Waals surface area contributed by atoms with Crippen LogP contribution >= 0.6 is 0 Å². The van der Waals surface area contributed by atoms with E-state index in [1.165, 1.54) is 4.90 Å². The number of imide groups is 1. The topological polar surface area (TPSA) is 49.4 Å². The van der Waals surface area contributed by atoms with Gasteiger partial charge < -0.3 is 0 Å². The Hall–Kier alpha value is -1.91. The van der Waals surface area contributed by atoms with E-state index in [4.69, 9.17) is 0 Å². The molecule has 19 heavy (non-hydrogen) atoms. The average Bonchev–Trinajstić information content (AvgIpc) is 2.33. The highest BCUT2D eigenvalue weighted by Crippen LogP contribution is 2.28. The molecule has 1 aliphatic heterocycles.